The summed E-state index contributed by atoms with van der Waals surface area (Å²) >= 11 is 0. The van der Waals surface area contributed by atoms with Gasteiger partial charge in [-0.25, -0.2) is 4.98 Å². The number of anilines is 2. The van der Waals surface area contributed by atoms with Gasteiger partial charge in [0.25, 0.3) is 0 Å². The van der Waals surface area contributed by atoms with Gasteiger partial charge in [-0.3, -0.25) is 0 Å². The zero-order valence-electron chi connectivity index (χ0n) is 13.1. The van der Waals surface area contributed by atoms with Gasteiger partial charge < -0.3 is 11.1 Å². The highest BCUT2D eigenvalue weighted by Crippen LogP contribution is 2.23. The summed E-state index contributed by atoms with van der Waals surface area (Å²) in [6.45, 7) is 7.29. The number of aryl methyl sites for hydroxylation is 2. The van der Waals surface area contributed by atoms with Gasteiger partial charge in [0.15, 0.2) is 0 Å². The molecule has 0 bridgehead atoms. The normalized spacial score (nSPS) is 10.6. The maximum Gasteiger partial charge on any atom is 0.222 e. The summed E-state index contributed by atoms with van der Waals surface area (Å²) in [7, 11) is 0. The molecule has 1 aromatic heterocycles. The maximum absolute atomic E-state index is 5.84. The molecular formula is C17H24N4. The molecule has 3 N–H and O–H groups in total. The number of unbranched alkanes of at least 4 members (excludes halogenated alkanes) is 2. The zero-order chi connectivity index (χ0) is 15.2. The molecule has 0 fully saturated rings. The van der Waals surface area contributed by atoms with Crippen molar-refractivity contribution in [1.29, 1.82) is 0 Å². The molecule has 21 heavy (non-hydrogen) atoms. The Kier molecular flexibility index (Phi) is 5.14. The van der Waals surface area contributed by atoms with E-state index in [1.54, 1.807) is 0 Å². The second-order valence-electron chi connectivity index (χ2n) is 5.51. The van der Waals surface area contributed by atoms with Crippen LogP contribution in [0.15, 0.2) is 24.3 Å². The van der Waals surface area contributed by atoms with E-state index in [2.05, 4.69) is 54.3 Å². The van der Waals surface area contributed by atoms with E-state index in [0.717, 1.165) is 30.0 Å². The van der Waals surface area contributed by atoms with Crippen LogP contribution in [-0.2, 0) is 0 Å². The van der Waals surface area contributed by atoms with Gasteiger partial charge in [-0.1, -0.05) is 37.0 Å². The molecule has 4 nitrogen and oxygen atoms in total. The minimum Gasteiger partial charge on any atom is -0.370 e. The van der Waals surface area contributed by atoms with E-state index in [9.17, 15) is 0 Å². The smallest absolute Gasteiger partial charge is 0.222 e. The van der Waals surface area contributed by atoms with Crippen LogP contribution in [0.1, 0.15) is 37.3 Å². The van der Waals surface area contributed by atoms with Crippen LogP contribution in [0.3, 0.4) is 0 Å². The van der Waals surface area contributed by atoms with E-state index in [1.807, 2.05) is 6.07 Å². The summed E-state index contributed by atoms with van der Waals surface area (Å²) in [5.41, 5.74) is 10.2. The van der Waals surface area contributed by atoms with Gasteiger partial charge in [0.1, 0.15) is 5.82 Å². The molecule has 0 saturated carbocycles. The van der Waals surface area contributed by atoms with E-state index in [-0.39, 0.29) is 0 Å². The Morgan fingerprint density at radius 3 is 2.38 bits per heavy atom. The Balaban J connectivity index is 2.21. The van der Waals surface area contributed by atoms with Crippen LogP contribution < -0.4 is 11.1 Å². The lowest BCUT2D eigenvalue weighted by atomic mass is 10.0. The Labute approximate surface area is 126 Å². The molecular weight excluding hydrogens is 260 g/mol. The molecule has 4 heteroatoms. The maximum atomic E-state index is 5.84. The summed E-state index contributed by atoms with van der Waals surface area (Å²) in [5.74, 6) is 1.11. The molecule has 0 aliphatic carbocycles. The lowest BCUT2D eigenvalue weighted by molar-refractivity contribution is 0.742. The fourth-order valence-electron chi connectivity index (χ4n) is 2.42. The highest BCUT2D eigenvalue weighted by Gasteiger charge is 2.06. The molecule has 0 aliphatic heterocycles. The fourth-order valence-corrected chi connectivity index (χ4v) is 2.42. The highest BCUT2D eigenvalue weighted by molar-refractivity contribution is 5.65. The Morgan fingerprint density at radius 2 is 1.71 bits per heavy atom. The number of hydrogen-bond donors (Lipinski definition) is 2. The summed E-state index contributed by atoms with van der Waals surface area (Å²) in [4.78, 5) is 8.61. The molecule has 2 aromatic rings. The highest BCUT2D eigenvalue weighted by atomic mass is 15.1. The largest absolute Gasteiger partial charge is 0.370 e. The minimum absolute atomic E-state index is 0.310. The van der Waals surface area contributed by atoms with Crippen molar-refractivity contribution in [3.05, 3.63) is 35.4 Å². The van der Waals surface area contributed by atoms with Crippen molar-refractivity contribution in [2.24, 2.45) is 0 Å². The quantitative estimate of drug-likeness (QED) is 0.788. The van der Waals surface area contributed by atoms with Gasteiger partial charge in [-0.05, 0) is 32.4 Å². The molecule has 0 atom stereocenters. The number of nitrogen functional groups attached to an aromatic ring is 1. The molecule has 0 spiro atoms. The Hall–Kier alpha value is -2.10. The third-order valence-electron chi connectivity index (χ3n) is 3.35. The predicted octanol–water partition coefficient (Wildman–Crippen LogP) is 3.94. The van der Waals surface area contributed by atoms with Crippen molar-refractivity contribution >= 4 is 11.8 Å². The number of nitrogens with one attached hydrogen (secondary N) is 1. The predicted molar refractivity (Wildman–Crippen MR) is 89.4 cm³/mol. The third-order valence-corrected chi connectivity index (χ3v) is 3.35. The van der Waals surface area contributed by atoms with Gasteiger partial charge in [0.05, 0.1) is 5.69 Å². The third kappa shape index (κ3) is 4.45. The van der Waals surface area contributed by atoms with Gasteiger partial charge >= 0.3 is 0 Å². The Bertz CT molecular complexity index is 587. The lowest BCUT2D eigenvalue weighted by Gasteiger charge is -2.09. The van der Waals surface area contributed by atoms with Crippen molar-refractivity contribution in [2.45, 2.75) is 40.0 Å². The number of benzene rings is 1. The van der Waals surface area contributed by atoms with Crippen LogP contribution in [0.2, 0.25) is 0 Å². The first-order chi connectivity index (χ1) is 10.1. The SMILES string of the molecule is CCCCCNc1cc(-c2cc(C)cc(C)c2)nc(N)n1. The van der Waals surface area contributed by atoms with E-state index in [1.165, 1.54) is 24.0 Å². The number of nitrogens with zero attached hydrogens (tertiary/aromatic N) is 2. The van der Waals surface area contributed by atoms with Crippen molar-refractivity contribution < 1.29 is 0 Å². The van der Waals surface area contributed by atoms with E-state index >= 15 is 0 Å². The summed E-state index contributed by atoms with van der Waals surface area (Å²) in [6, 6.07) is 8.36. The topological polar surface area (TPSA) is 63.8 Å². The van der Waals surface area contributed by atoms with E-state index in [4.69, 9.17) is 5.73 Å². The van der Waals surface area contributed by atoms with Crippen molar-refractivity contribution in [1.82, 2.24) is 9.97 Å². The first kappa shape index (κ1) is 15.3. The van der Waals surface area contributed by atoms with Crippen molar-refractivity contribution in [3.8, 4) is 11.3 Å². The fraction of sp³-hybridized carbons (Fsp3) is 0.412. The molecule has 0 aliphatic rings. The van der Waals surface area contributed by atoms with Crippen molar-refractivity contribution in [2.75, 3.05) is 17.6 Å². The van der Waals surface area contributed by atoms with Gasteiger partial charge in [0, 0.05) is 18.2 Å². The van der Waals surface area contributed by atoms with Crippen molar-refractivity contribution in [3.63, 3.8) is 0 Å². The first-order valence-corrected chi connectivity index (χ1v) is 7.55. The molecule has 0 amide bonds. The van der Waals surface area contributed by atoms with Gasteiger partial charge in [-0.15, -0.1) is 0 Å². The molecule has 0 unspecified atom stereocenters. The number of hydrogen-bond acceptors (Lipinski definition) is 4. The average molecular weight is 284 g/mol. The van der Waals surface area contributed by atoms with Crippen LogP contribution in [0.5, 0.6) is 0 Å². The second-order valence-corrected chi connectivity index (χ2v) is 5.51. The molecule has 2 rings (SSSR count). The average Bonchev–Trinajstić information content (AvgIpc) is 2.42. The number of aromatic nitrogens is 2. The summed E-state index contributed by atoms with van der Waals surface area (Å²) in [5, 5.41) is 3.33. The molecule has 1 heterocycles. The standard InChI is InChI=1S/C17H24N4/c1-4-5-6-7-19-16-11-15(20-17(18)21-16)14-9-12(2)8-13(3)10-14/h8-11H,4-7H2,1-3H3,(H3,18,19,20,21). The van der Waals surface area contributed by atoms with Gasteiger partial charge in [-0.2, -0.15) is 4.98 Å². The summed E-state index contributed by atoms with van der Waals surface area (Å²) in [6.07, 6.45) is 3.57. The minimum atomic E-state index is 0.310. The van der Waals surface area contributed by atoms with E-state index in [0.29, 0.717) is 5.95 Å². The van der Waals surface area contributed by atoms with E-state index < -0.39 is 0 Å². The second kappa shape index (κ2) is 7.07. The van der Waals surface area contributed by atoms with Crippen LogP contribution in [0.25, 0.3) is 11.3 Å². The molecule has 1 aromatic carbocycles. The molecule has 112 valence electrons. The zero-order valence-corrected chi connectivity index (χ0v) is 13.1. The first-order valence-electron chi connectivity index (χ1n) is 7.55. The number of rotatable bonds is 6. The molecule has 0 radical (unpaired) electrons. The van der Waals surface area contributed by atoms with Crippen LogP contribution in [0, 0.1) is 13.8 Å². The summed E-state index contributed by atoms with van der Waals surface area (Å²) < 4.78 is 0. The van der Waals surface area contributed by atoms with Crippen LogP contribution >= 0.6 is 0 Å². The lowest BCUT2D eigenvalue weighted by Crippen LogP contribution is -2.06. The number of nitrogens with two attached hydrogens (primary N) is 1. The molecule has 0 saturated heterocycles. The van der Waals surface area contributed by atoms with Gasteiger partial charge in [0.2, 0.25) is 5.95 Å². The van der Waals surface area contributed by atoms with Crippen LogP contribution in [0.4, 0.5) is 11.8 Å². The van der Waals surface area contributed by atoms with Crippen LogP contribution in [-0.4, -0.2) is 16.5 Å². The monoisotopic (exact) mass is 284 g/mol. The Morgan fingerprint density at radius 1 is 1.00 bits per heavy atom.